The summed E-state index contributed by atoms with van der Waals surface area (Å²) in [5.41, 5.74) is 2.82. The molecule has 0 N–H and O–H groups in total. The second kappa shape index (κ2) is 6.48. The van der Waals surface area contributed by atoms with Crippen LogP contribution in [0.2, 0.25) is 5.02 Å². The molecule has 1 aromatic carbocycles. The molecule has 2 heterocycles. The van der Waals surface area contributed by atoms with Gasteiger partial charge in [0.15, 0.2) is 0 Å². The average Bonchev–Trinajstić information content (AvgIpc) is 3.00. The van der Waals surface area contributed by atoms with Gasteiger partial charge in [-0.2, -0.15) is 0 Å². The van der Waals surface area contributed by atoms with E-state index in [4.69, 9.17) is 16.3 Å². The minimum absolute atomic E-state index is 0.0190. The maximum Gasteiger partial charge on any atom is 0.0952 e. The van der Waals surface area contributed by atoms with E-state index in [9.17, 15) is 0 Å². The Bertz CT molecular complexity index is 642. The molecule has 4 atom stereocenters. The molecule has 1 spiro atoms. The summed E-state index contributed by atoms with van der Waals surface area (Å²) in [4.78, 5) is 2.71. The van der Waals surface area contributed by atoms with Crippen molar-refractivity contribution in [2.24, 2.45) is 5.92 Å². The van der Waals surface area contributed by atoms with Crippen molar-refractivity contribution in [3.05, 3.63) is 46.5 Å². The van der Waals surface area contributed by atoms with Crippen molar-refractivity contribution in [1.82, 2.24) is 4.90 Å². The smallest absolute Gasteiger partial charge is 0.0952 e. The third kappa shape index (κ3) is 2.46. The highest BCUT2D eigenvalue weighted by atomic mass is 35.5. The van der Waals surface area contributed by atoms with Gasteiger partial charge in [0.05, 0.1) is 18.2 Å². The number of nitrogens with zero attached hydrogens (tertiary/aromatic N) is 1. The summed E-state index contributed by atoms with van der Waals surface area (Å²) in [6.07, 6.45) is 8.47. The minimum atomic E-state index is -0.0190. The molecule has 1 aromatic rings. The Balaban J connectivity index is 1.85. The number of benzene rings is 1. The number of piperidine rings is 1. The first-order chi connectivity index (χ1) is 11.7. The summed E-state index contributed by atoms with van der Waals surface area (Å²) in [6, 6.07) is 9.32. The summed E-state index contributed by atoms with van der Waals surface area (Å²) in [5, 5.41) is 0.830. The van der Waals surface area contributed by atoms with Gasteiger partial charge in [-0.15, -0.1) is 0 Å². The zero-order valence-electron chi connectivity index (χ0n) is 14.8. The standard InChI is InChI=1S/C21H28ClNO/c1-3-12-23-15(2)18-9-5-11-21(18)19(10-6-13-24-21)20(23)16-7-4-8-17(22)14-16/h4,7-8,10,14-15,18,20H,3,5-6,9,11-13H2,1-2H3/t15-,18-,20-,21+/m1/s1. The van der Waals surface area contributed by atoms with E-state index in [1.807, 2.05) is 6.07 Å². The van der Waals surface area contributed by atoms with Crippen LogP contribution in [0.3, 0.4) is 0 Å². The van der Waals surface area contributed by atoms with Gasteiger partial charge in [-0.05, 0) is 68.8 Å². The predicted molar refractivity (Wildman–Crippen MR) is 99.4 cm³/mol. The number of rotatable bonds is 3. The molecule has 0 amide bonds. The Morgan fingerprint density at radius 2 is 2.25 bits per heavy atom. The molecule has 1 saturated carbocycles. The minimum Gasteiger partial charge on any atom is -0.370 e. The van der Waals surface area contributed by atoms with Crippen LogP contribution in [0.4, 0.5) is 0 Å². The van der Waals surface area contributed by atoms with Crippen LogP contribution in [0.1, 0.15) is 57.6 Å². The molecule has 24 heavy (non-hydrogen) atoms. The molecule has 1 saturated heterocycles. The molecule has 2 nitrogen and oxygen atoms in total. The topological polar surface area (TPSA) is 12.5 Å². The van der Waals surface area contributed by atoms with Gasteiger partial charge in [-0.25, -0.2) is 0 Å². The lowest BCUT2D eigenvalue weighted by Crippen LogP contribution is -2.59. The summed E-state index contributed by atoms with van der Waals surface area (Å²) < 4.78 is 6.54. The molecule has 4 rings (SSSR count). The number of likely N-dealkylation sites (tertiary alicyclic amines) is 1. The first kappa shape index (κ1) is 16.6. The van der Waals surface area contributed by atoms with Gasteiger partial charge in [0.25, 0.3) is 0 Å². The molecule has 3 aliphatic rings. The number of halogens is 1. The fourth-order valence-electron chi connectivity index (χ4n) is 5.51. The van der Waals surface area contributed by atoms with Crippen LogP contribution >= 0.6 is 11.6 Å². The number of ether oxygens (including phenoxy) is 1. The SMILES string of the molecule is CCCN1[C@H](C)[C@H]2CCC[C@]23OCCC=C3[C@H]1c1cccc(Cl)c1. The fourth-order valence-corrected chi connectivity index (χ4v) is 5.71. The van der Waals surface area contributed by atoms with E-state index in [0.717, 1.165) is 24.6 Å². The normalized spacial score (nSPS) is 36.1. The molecule has 2 fully saturated rings. The Hall–Kier alpha value is -0.830. The molecular weight excluding hydrogens is 318 g/mol. The third-order valence-electron chi connectivity index (χ3n) is 6.37. The maximum atomic E-state index is 6.54. The zero-order chi connectivity index (χ0) is 16.7. The zero-order valence-corrected chi connectivity index (χ0v) is 15.6. The summed E-state index contributed by atoms with van der Waals surface area (Å²) in [6.45, 7) is 6.70. The monoisotopic (exact) mass is 345 g/mol. The van der Waals surface area contributed by atoms with E-state index in [2.05, 4.69) is 43.0 Å². The largest absolute Gasteiger partial charge is 0.370 e. The molecule has 130 valence electrons. The van der Waals surface area contributed by atoms with Crippen molar-refractivity contribution in [2.75, 3.05) is 13.2 Å². The Morgan fingerprint density at radius 3 is 3.04 bits per heavy atom. The van der Waals surface area contributed by atoms with E-state index in [-0.39, 0.29) is 5.60 Å². The Labute approximate surface area is 150 Å². The molecule has 0 aromatic heterocycles. The van der Waals surface area contributed by atoms with E-state index in [0.29, 0.717) is 18.0 Å². The summed E-state index contributed by atoms with van der Waals surface area (Å²) >= 11 is 6.34. The first-order valence-electron chi connectivity index (χ1n) is 9.53. The van der Waals surface area contributed by atoms with Gasteiger partial charge in [-0.1, -0.05) is 36.7 Å². The molecular formula is C21H28ClNO. The van der Waals surface area contributed by atoms with Crippen molar-refractivity contribution in [3.63, 3.8) is 0 Å². The van der Waals surface area contributed by atoms with Crippen LogP contribution in [0.5, 0.6) is 0 Å². The highest BCUT2D eigenvalue weighted by molar-refractivity contribution is 6.30. The lowest BCUT2D eigenvalue weighted by atomic mass is 9.69. The van der Waals surface area contributed by atoms with Gasteiger partial charge in [0, 0.05) is 17.0 Å². The van der Waals surface area contributed by atoms with E-state index in [1.165, 1.54) is 36.8 Å². The lowest BCUT2D eigenvalue weighted by molar-refractivity contribution is -0.110. The van der Waals surface area contributed by atoms with Gasteiger partial charge in [0.2, 0.25) is 0 Å². The second-order valence-electron chi connectivity index (χ2n) is 7.62. The average molecular weight is 346 g/mol. The van der Waals surface area contributed by atoms with Gasteiger partial charge >= 0.3 is 0 Å². The van der Waals surface area contributed by atoms with Crippen LogP contribution in [0.25, 0.3) is 0 Å². The maximum absolute atomic E-state index is 6.54. The Kier molecular flexibility index (Phi) is 4.49. The summed E-state index contributed by atoms with van der Waals surface area (Å²) in [7, 11) is 0. The van der Waals surface area contributed by atoms with Crippen molar-refractivity contribution >= 4 is 11.6 Å². The van der Waals surface area contributed by atoms with Crippen molar-refractivity contribution in [3.8, 4) is 0 Å². The molecule has 1 aliphatic carbocycles. The number of hydrogen-bond donors (Lipinski definition) is 0. The van der Waals surface area contributed by atoms with Crippen molar-refractivity contribution in [1.29, 1.82) is 0 Å². The van der Waals surface area contributed by atoms with Crippen LogP contribution in [-0.4, -0.2) is 29.7 Å². The van der Waals surface area contributed by atoms with Gasteiger partial charge < -0.3 is 4.74 Å². The van der Waals surface area contributed by atoms with Crippen molar-refractivity contribution in [2.45, 2.75) is 63.6 Å². The van der Waals surface area contributed by atoms with Crippen LogP contribution in [-0.2, 0) is 4.74 Å². The molecule has 2 aliphatic heterocycles. The summed E-state index contributed by atoms with van der Waals surface area (Å²) in [5.74, 6) is 0.631. The van der Waals surface area contributed by atoms with E-state index in [1.54, 1.807) is 0 Å². The third-order valence-corrected chi connectivity index (χ3v) is 6.61. The van der Waals surface area contributed by atoms with Gasteiger partial charge in [0.1, 0.15) is 0 Å². The number of hydrogen-bond acceptors (Lipinski definition) is 2. The second-order valence-corrected chi connectivity index (χ2v) is 8.06. The molecule has 0 bridgehead atoms. The van der Waals surface area contributed by atoms with E-state index >= 15 is 0 Å². The van der Waals surface area contributed by atoms with Crippen molar-refractivity contribution < 1.29 is 4.74 Å². The highest BCUT2D eigenvalue weighted by Crippen LogP contribution is 2.57. The van der Waals surface area contributed by atoms with Gasteiger partial charge in [-0.3, -0.25) is 4.90 Å². The Morgan fingerprint density at radius 1 is 1.38 bits per heavy atom. The van der Waals surface area contributed by atoms with E-state index < -0.39 is 0 Å². The lowest BCUT2D eigenvalue weighted by Gasteiger charge is -2.56. The first-order valence-corrected chi connectivity index (χ1v) is 9.91. The predicted octanol–water partition coefficient (Wildman–Crippen LogP) is 5.38. The van der Waals surface area contributed by atoms with Crippen LogP contribution in [0, 0.1) is 5.92 Å². The van der Waals surface area contributed by atoms with Crippen LogP contribution in [0.15, 0.2) is 35.9 Å². The molecule has 3 heteroatoms. The highest BCUT2D eigenvalue weighted by Gasteiger charge is 2.57. The molecule has 0 unspecified atom stereocenters. The van der Waals surface area contributed by atoms with Crippen LogP contribution < -0.4 is 0 Å². The molecule has 0 radical (unpaired) electrons. The fraction of sp³-hybridized carbons (Fsp3) is 0.619. The quantitative estimate of drug-likeness (QED) is 0.682.